The first-order chi connectivity index (χ1) is 11.8. The highest BCUT2D eigenvalue weighted by Gasteiger charge is 2.13. The van der Waals surface area contributed by atoms with Gasteiger partial charge in [0.2, 0.25) is 10.0 Å². The van der Waals surface area contributed by atoms with Gasteiger partial charge >= 0.3 is 0 Å². The second-order valence-electron chi connectivity index (χ2n) is 5.88. The Balaban J connectivity index is 2.48. The van der Waals surface area contributed by atoms with Crippen LogP contribution >= 0.6 is 0 Å². The third-order valence-corrected chi connectivity index (χ3v) is 4.83. The van der Waals surface area contributed by atoms with Crippen LogP contribution in [-0.2, 0) is 10.0 Å². The molecule has 8 nitrogen and oxygen atoms in total. The van der Waals surface area contributed by atoms with Gasteiger partial charge in [-0.1, -0.05) is 0 Å². The number of carbonyl (C=O) groups excluding carboxylic acids is 1. The fourth-order valence-electron chi connectivity index (χ4n) is 2.08. The fraction of sp³-hybridized carbons (Fsp3) is 0.562. The summed E-state index contributed by atoms with van der Waals surface area (Å²) in [6, 6.07) is 4.78. The van der Waals surface area contributed by atoms with Crippen LogP contribution in [0.5, 0.6) is 11.5 Å². The van der Waals surface area contributed by atoms with E-state index < -0.39 is 10.0 Å². The summed E-state index contributed by atoms with van der Waals surface area (Å²) < 4.78 is 36.5. The quantitative estimate of drug-likeness (QED) is 0.427. The van der Waals surface area contributed by atoms with Crippen LogP contribution in [-0.4, -0.2) is 68.0 Å². The number of nitrogens with one attached hydrogen (secondary N) is 3. The third-order valence-electron chi connectivity index (χ3n) is 3.45. The Bertz CT molecular complexity index is 639. The van der Waals surface area contributed by atoms with E-state index in [-0.39, 0.29) is 18.2 Å². The lowest BCUT2D eigenvalue weighted by atomic mass is 10.2. The average Bonchev–Trinajstić information content (AvgIpc) is 2.57. The standard InChI is InChI=1S/C16H27N3O5S/c1-19(2)8-5-6-18-25(21,22)9-7-17-16(20)13-10-14(23-3)12-15(11-13)24-4/h10-12,18H,5-9H2,1-4H3,(H,17,20)/p+1. The van der Waals surface area contributed by atoms with E-state index in [2.05, 4.69) is 10.0 Å². The van der Waals surface area contributed by atoms with Crippen molar-refractivity contribution in [3.63, 3.8) is 0 Å². The molecule has 0 radical (unpaired) electrons. The summed E-state index contributed by atoms with van der Waals surface area (Å²) in [5.74, 6) is 0.418. The molecule has 0 saturated heterocycles. The van der Waals surface area contributed by atoms with Gasteiger partial charge in [0.25, 0.3) is 5.91 Å². The lowest BCUT2D eigenvalue weighted by Gasteiger charge is -2.10. The molecule has 0 bridgehead atoms. The first-order valence-electron chi connectivity index (χ1n) is 8.05. The second-order valence-corrected chi connectivity index (χ2v) is 7.81. The molecule has 0 fully saturated rings. The molecule has 142 valence electrons. The van der Waals surface area contributed by atoms with E-state index in [1.54, 1.807) is 18.2 Å². The summed E-state index contributed by atoms with van der Waals surface area (Å²) in [4.78, 5) is 13.4. The SMILES string of the molecule is COc1cc(OC)cc(C(=O)NCCS(=O)(=O)NCCC[NH+](C)C)c1. The van der Waals surface area contributed by atoms with E-state index in [1.807, 2.05) is 14.1 Å². The molecule has 0 aromatic heterocycles. The van der Waals surface area contributed by atoms with E-state index in [9.17, 15) is 13.2 Å². The molecule has 0 aliphatic rings. The molecule has 0 saturated carbocycles. The summed E-state index contributed by atoms with van der Waals surface area (Å²) in [5.41, 5.74) is 0.343. The lowest BCUT2D eigenvalue weighted by molar-refractivity contribution is -0.858. The Kier molecular flexibility index (Phi) is 8.67. The first-order valence-corrected chi connectivity index (χ1v) is 9.70. The molecule has 0 unspecified atom stereocenters. The van der Waals surface area contributed by atoms with Gasteiger partial charge < -0.3 is 19.7 Å². The molecular weight excluding hydrogens is 346 g/mol. The number of ether oxygens (including phenoxy) is 2. The second kappa shape index (κ2) is 10.2. The Hall–Kier alpha value is -1.84. The zero-order valence-corrected chi connectivity index (χ0v) is 16.0. The molecule has 25 heavy (non-hydrogen) atoms. The van der Waals surface area contributed by atoms with Crippen LogP contribution < -0.4 is 24.4 Å². The Morgan fingerprint density at radius 2 is 1.68 bits per heavy atom. The molecule has 1 rings (SSSR count). The van der Waals surface area contributed by atoms with Crippen molar-refractivity contribution in [3.8, 4) is 11.5 Å². The molecule has 3 N–H and O–H groups in total. The first kappa shape index (κ1) is 21.2. The topological polar surface area (TPSA) is 98.2 Å². The molecule has 9 heteroatoms. The highest BCUT2D eigenvalue weighted by molar-refractivity contribution is 7.89. The predicted molar refractivity (Wildman–Crippen MR) is 96.0 cm³/mol. The largest absolute Gasteiger partial charge is 0.497 e. The van der Waals surface area contributed by atoms with Gasteiger partial charge in [0, 0.05) is 31.1 Å². The molecule has 0 heterocycles. The van der Waals surface area contributed by atoms with Crippen molar-refractivity contribution in [3.05, 3.63) is 23.8 Å². The average molecular weight is 374 g/mol. The van der Waals surface area contributed by atoms with Crippen LogP contribution in [0.15, 0.2) is 18.2 Å². The fourth-order valence-corrected chi connectivity index (χ4v) is 3.05. The monoisotopic (exact) mass is 374 g/mol. The number of amides is 1. The van der Waals surface area contributed by atoms with Crippen LogP contribution in [0.1, 0.15) is 16.8 Å². The van der Waals surface area contributed by atoms with Gasteiger partial charge in [-0.05, 0) is 12.1 Å². The Labute approximate surface area is 149 Å². The third kappa shape index (κ3) is 8.19. The van der Waals surface area contributed by atoms with E-state index in [4.69, 9.17) is 9.47 Å². The van der Waals surface area contributed by atoms with Crippen LogP contribution in [0.4, 0.5) is 0 Å². The van der Waals surface area contributed by atoms with Gasteiger partial charge in [0.1, 0.15) is 11.5 Å². The minimum Gasteiger partial charge on any atom is -0.497 e. The van der Waals surface area contributed by atoms with Gasteiger partial charge in [-0.25, -0.2) is 13.1 Å². The number of carbonyl (C=O) groups is 1. The van der Waals surface area contributed by atoms with Gasteiger partial charge in [-0.15, -0.1) is 0 Å². The highest BCUT2D eigenvalue weighted by Crippen LogP contribution is 2.22. The van der Waals surface area contributed by atoms with Gasteiger partial charge in [0.05, 0.1) is 40.6 Å². The smallest absolute Gasteiger partial charge is 0.251 e. The normalized spacial score (nSPS) is 11.4. The van der Waals surface area contributed by atoms with Crippen molar-refractivity contribution < 1.29 is 27.6 Å². The summed E-state index contributed by atoms with van der Waals surface area (Å²) in [6.45, 7) is 1.30. The van der Waals surface area contributed by atoms with Crippen molar-refractivity contribution in [2.24, 2.45) is 0 Å². The van der Waals surface area contributed by atoms with E-state index in [0.29, 0.717) is 23.6 Å². The minimum atomic E-state index is -3.41. The number of benzene rings is 1. The number of methoxy groups -OCH3 is 2. The maximum Gasteiger partial charge on any atom is 0.251 e. The number of rotatable bonds is 11. The van der Waals surface area contributed by atoms with Gasteiger partial charge in [-0.3, -0.25) is 4.79 Å². The molecule has 1 aromatic carbocycles. The Morgan fingerprint density at radius 3 is 2.20 bits per heavy atom. The van der Waals surface area contributed by atoms with Crippen molar-refractivity contribution in [2.45, 2.75) is 6.42 Å². The number of hydrogen-bond donors (Lipinski definition) is 3. The molecule has 0 aliphatic carbocycles. The van der Waals surface area contributed by atoms with Gasteiger partial charge in [-0.2, -0.15) is 0 Å². The van der Waals surface area contributed by atoms with Crippen molar-refractivity contribution in [2.75, 3.05) is 53.7 Å². The van der Waals surface area contributed by atoms with E-state index in [0.717, 1.165) is 13.0 Å². The molecule has 1 amide bonds. The number of hydrogen-bond acceptors (Lipinski definition) is 5. The highest BCUT2D eigenvalue weighted by atomic mass is 32.2. The summed E-state index contributed by atoms with van der Waals surface area (Å²) in [5, 5.41) is 2.59. The number of quaternary nitrogens is 1. The van der Waals surface area contributed by atoms with Crippen LogP contribution in [0.2, 0.25) is 0 Å². The predicted octanol–water partition coefficient (Wildman–Crippen LogP) is -1.11. The molecular formula is C16H28N3O5S+. The van der Waals surface area contributed by atoms with Crippen LogP contribution in [0.3, 0.4) is 0 Å². The summed E-state index contributed by atoms with van der Waals surface area (Å²) in [6.07, 6.45) is 0.761. The molecule has 0 atom stereocenters. The van der Waals surface area contributed by atoms with Crippen molar-refractivity contribution in [1.82, 2.24) is 10.0 Å². The van der Waals surface area contributed by atoms with Crippen LogP contribution in [0, 0.1) is 0 Å². The van der Waals surface area contributed by atoms with Gasteiger partial charge in [0.15, 0.2) is 0 Å². The zero-order valence-electron chi connectivity index (χ0n) is 15.2. The van der Waals surface area contributed by atoms with Crippen molar-refractivity contribution >= 4 is 15.9 Å². The maximum absolute atomic E-state index is 12.2. The summed E-state index contributed by atoms with van der Waals surface area (Å²) >= 11 is 0. The maximum atomic E-state index is 12.2. The van der Waals surface area contributed by atoms with Crippen LogP contribution in [0.25, 0.3) is 0 Å². The number of sulfonamides is 1. The molecule has 1 aromatic rings. The minimum absolute atomic E-state index is 0.0205. The van der Waals surface area contributed by atoms with E-state index >= 15 is 0 Å². The molecule has 0 aliphatic heterocycles. The summed E-state index contributed by atoms with van der Waals surface area (Å²) in [7, 11) is 3.60. The molecule has 0 spiro atoms. The zero-order chi connectivity index (χ0) is 18.9. The van der Waals surface area contributed by atoms with Crippen molar-refractivity contribution in [1.29, 1.82) is 0 Å². The lowest BCUT2D eigenvalue weighted by Crippen LogP contribution is -3.05. The Morgan fingerprint density at radius 1 is 1.08 bits per heavy atom. The van der Waals surface area contributed by atoms with E-state index in [1.165, 1.54) is 19.1 Å².